The first-order chi connectivity index (χ1) is 12.9. The van der Waals surface area contributed by atoms with Gasteiger partial charge in [0.05, 0.1) is 22.5 Å². The molecule has 1 heterocycles. The molecule has 6 heteroatoms. The number of para-hydroxylation sites is 1. The van der Waals surface area contributed by atoms with Gasteiger partial charge in [-0.25, -0.2) is 0 Å². The lowest BCUT2D eigenvalue weighted by Crippen LogP contribution is -2.32. The Kier molecular flexibility index (Phi) is 4.50. The Bertz CT molecular complexity index is 912. The average molecular weight is 372 g/mol. The van der Waals surface area contributed by atoms with Crippen molar-refractivity contribution >= 4 is 17.3 Å². The molecule has 0 unspecified atom stereocenters. The Hall–Kier alpha value is -2.63. The summed E-state index contributed by atoms with van der Waals surface area (Å²) in [5.41, 5.74) is 2.21. The van der Waals surface area contributed by atoms with E-state index in [-0.39, 0.29) is 11.9 Å². The SMILES string of the molecule is O=C(NC1CCCC1)c1cccc2c1N=C(c1cccc(C(F)(F)F)c1)C2. The minimum atomic E-state index is -4.39. The first kappa shape index (κ1) is 17.8. The molecule has 27 heavy (non-hydrogen) atoms. The molecule has 2 aliphatic rings. The van der Waals surface area contributed by atoms with E-state index in [1.54, 1.807) is 18.2 Å². The number of amides is 1. The van der Waals surface area contributed by atoms with Crippen LogP contribution in [0.4, 0.5) is 18.9 Å². The zero-order valence-electron chi connectivity index (χ0n) is 14.6. The lowest BCUT2D eigenvalue weighted by atomic mass is 10.0. The summed E-state index contributed by atoms with van der Waals surface area (Å²) in [5, 5.41) is 3.05. The first-order valence-electron chi connectivity index (χ1n) is 9.10. The molecule has 3 nitrogen and oxygen atoms in total. The fraction of sp³-hybridized carbons (Fsp3) is 0.333. The van der Waals surface area contributed by atoms with Crippen LogP contribution in [0.5, 0.6) is 0 Å². The molecule has 1 saturated carbocycles. The standard InChI is InChI=1S/C21H19F3N2O/c22-21(23,24)15-7-3-5-13(11-15)18-12-14-6-4-10-17(19(14)26-18)20(27)25-16-8-1-2-9-16/h3-7,10-11,16H,1-2,8-9,12H2,(H,25,27). The molecule has 0 atom stereocenters. The number of alkyl halides is 3. The number of hydrogen-bond acceptors (Lipinski definition) is 2. The van der Waals surface area contributed by atoms with Crippen molar-refractivity contribution in [3.8, 4) is 0 Å². The van der Waals surface area contributed by atoms with Crippen molar-refractivity contribution < 1.29 is 18.0 Å². The van der Waals surface area contributed by atoms with Crippen LogP contribution in [0.1, 0.15) is 52.7 Å². The topological polar surface area (TPSA) is 41.5 Å². The number of carbonyl (C=O) groups excluding carboxylic acids is 1. The summed E-state index contributed by atoms with van der Waals surface area (Å²) < 4.78 is 39.0. The van der Waals surface area contributed by atoms with Gasteiger partial charge in [-0.3, -0.25) is 9.79 Å². The van der Waals surface area contributed by atoms with Crippen molar-refractivity contribution in [3.05, 3.63) is 64.7 Å². The fourth-order valence-electron chi connectivity index (χ4n) is 3.78. The van der Waals surface area contributed by atoms with Crippen LogP contribution in [0.25, 0.3) is 0 Å². The molecule has 4 rings (SSSR count). The van der Waals surface area contributed by atoms with E-state index >= 15 is 0 Å². The summed E-state index contributed by atoms with van der Waals surface area (Å²) in [6.07, 6.45) is 0.236. The van der Waals surface area contributed by atoms with Gasteiger partial charge in [0.1, 0.15) is 0 Å². The third-order valence-corrected chi connectivity index (χ3v) is 5.18. The van der Waals surface area contributed by atoms with Gasteiger partial charge < -0.3 is 5.32 Å². The van der Waals surface area contributed by atoms with Crippen LogP contribution in [-0.2, 0) is 12.6 Å². The van der Waals surface area contributed by atoms with Crippen molar-refractivity contribution in [3.63, 3.8) is 0 Å². The molecular formula is C21H19F3N2O. The molecule has 1 N–H and O–H groups in total. The quantitative estimate of drug-likeness (QED) is 0.804. The highest BCUT2D eigenvalue weighted by molar-refractivity contribution is 6.10. The molecule has 2 aromatic carbocycles. The van der Waals surface area contributed by atoms with E-state index in [2.05, 4.69) is 10.3 Å². The van der Waals surface area contributed by atoms with Crippen molar-refractivity contribution in [2.45, 2.75) is 44.3 Å². The Morgan fingerprint density at radius 2 is 1.81 bits per heavy atom. The van der Waals surface area contributed by atoms with E-state index in [1.165, 1.54) is 6.07 Å². The van der Waals surface area contributed by atoms with Crippen LogP contribution in [0.2, 0.25) is 0 Å². The highest BCUT2D eigenvalue weighted by Crippen LogP contribution is 2.35. The van der Waals surface area contributed by atoms with Crippen LogP contribution >= 0.6 is 0 Å². The van der Waals surface area contributed by atoms with Crippen molar-refractivity contribution in [1.29, 1.82) is 0 Å². The van der Waals surface area contributed by atoms with Gasteiger partial charge in [-0.2, -0.15) is 13.2 Å². The second kappa shape index (κ2) is 6.83. The zero-order valence-corrected chi connectivity index (χ0v) is 14.6. The summed E-state index contributed by atoms with van der Waals surface area (Å²) in [5.74, 6) is -0.159. The predicted octanol–water partition coefficient (Wildman–Crippen LogP) is 5.05. The summed E-state index contributed by atoms with van der Waals surface area (Å²) >= 11 is 0. The van der Waals surface area contributed by atoms with Gasteiger partial charge in [0, 0.05) is 12.5 Å². The van der Waals surface area contributed by atoms with Crippen molar-refractivity contribution in [1.82, 2.24) is 5.32 Å². The molecule has 0 saturated heterocycles. The number of nitrogens with one attached hydrogen (secondary N) is 1. The van der Waals surface area contributed by atoms with Gasteiger partial charge in [-0.15, -0.1) is 0 Å². The lowest BCUT2D eigenvalue weighted by molar-refractivity contribution is -0.137. The number of nitrogens with zero attached hydrogens (tertiary/aromatic N) is 1. The van der Waals surface area contributed by atoms with Crippen LogP contribution in [0.3, 0.4) is 0 Å². The van der Waals surface area contributed by atoms with E-state index in [9.17, 15) is 18.0 Å². The van der Waals surface area contributed by atoms with Crippen LogP contribution in [0, 0.1) is 0 Å². The molecule has 0 radical (unpaired) electrons. The van der Waals surface area contributed by atoms with Gasteiger partial charge in [-0.1, -0.05) is 37.1 Å². The number of aliphatic imine (C=N–C) groups is 1. The van der Waals surface area contributed by atoms with Crippen LogP contribution in [-0.4, -0.2) is 17.7 Å². The highest BCUT2D eigenvalue weighted by Gasteiger charge is 2.31. The zero-order chi connectivity index (χ0) is 19.0. The second-order valence-electron chi connectivity index (χ2n) is 7.08. The number of benzene rings is 2. The van der Waals surface area contributed by atoms with E-state index in [1.807, 2.05) is 6.07 Å². The van der Waals surface area contributed by atoms with Crippen LogP contribution in [0.15, 0.2) is 47.5 Å². The summed E-state index contributed by atoms with van der Waals surface area (Å²) in [6, 6.07) is 10.8. The largest absolute Gasteiger partial charge is 0.416 e. The molecule has 1 aliphatic carbocycles. The maximum Gasteiger partial charge on any atom is 0.416 e. The van der Waals surface area contributed by atoms with E-state index in [4.69, 9.17) is 0 Å². The molecule has 1 fully saturated rings. The Morgan fingerprint density at radius 1 is 1.07 bits per heavy atom. The monoisotopic (exact) mass is 372 g/mol. The number of rotatable bonds is 3. The van der Waals surface area contributed by atoms with Gasteiger partial charge in [-0.05, 0) is 42.2 Å². The third-order valence-electron chi connectivity index (χ3n) is 5.18. The molecule has 140 valence electrons. The molecule has 1 amide bonds. The summed E-state index contributed by atoms with van der Waals surface area (Å²) in [6.45, 7) is 0. The number of fused-ring (bicyclic) bond motifs is 1. The number of halogens is 3. The Labute approximate surface area is 155 Å². The third kappa shape index (κ3) is 3.61. The number of hydrogen-bond donors (Lipinski definition) is 1. The van der Waals surface area contributed by atoms with E-state index < -0.39 is 11.7 Å². The minimum absolute atomic E-state index is 0.159. The second-order valence-corrected chi connectivity index (χ2v) is 7.08. The van der Waals surface area contributed by atoms with E-state index in [0.717, 1.165) is 43.4 Å². The maximum atomic E-state index is 13.0. The van der Waals surface area contributed by atoms with Gasteiger partial charge in [0.2, 0.25) is 0 Å². The number of carbonyl (C=O) groups is 1. The smallest absolute Gasteiger partial charge is 0.349 e. The molecule has 0 bridgehead atoms. The normalized spacial score (nSPS) is 16.9. The van der Waals surface area contributed by atoms with Crippen LogP contribution < -0.4 is 5.32 Å². The highest BCUT2D eigenvalue weighted by atomic mass is 19.4. The Balaban J connectivity index is 1.63. The van der Waals surface area contributed by atoms with Crippen molar-refractivity contribution in [2.24, 2.45) is 4.99 Å². The molecule has 0 aromatic heterocycles. The molecular weight excluding hydrogens is 353 g/mol. The summed E-state index contributed by atoms with van der Waals surface area (Å²) in [7, 11) is 0. The van der Waals surface area contributed by atoms with Gasteiger partial charge in [0.25, 0.3) is 5.91 Å². The fourth-order valence-corrected chi connectivity index (χ4v) is 3.78. The average Bonchev–Trinajstić information content (AvgIpc) is 3.30. The lowest BCUT2D eigenvalue weighted by Gasteiger charge is -2.13. The predicted molar refractivity (Wildman–Crippen MR) is 97.5 cm³/mol. The molecule has 1 aliphatic heterocycles. The van der Waals surface area contributed by atoms with Gasteiger partial charge in [0.15, 0.2) is 0 Å². The van der Waals surface area contributed by atoms with Crippen molar-refractivity contribution in [2.75, 3.05) is 0 Å². The van der Waals surface area contributed by atoms with E-state index in [0.29, 0.717) is 28.9 Å². The summed E-state index contributed by atoms with van der Waals surface area (Å²) in [4.78, 5) is 17.2. The minimum Gasteiger partial charge on any atom is -0.349 e. The maximum absolute atomic E-state index is 13.0. The Morgan fingerprint density at radius 3 is 2.56 bits per heavy atom. The molecule has 2 aromatic rings. The molecule has 0 spiro atoms. The van der Waals surface area contributed by atoms with Gasteiger partial charge >= 0.3 is 6.18 Å². The first-order valence-corrected chi connectivity index (χ1v) is 9.10.